The molecule has 0 bridgehead atoms. The van der Waals surface area contributed by atoms with Crippen molar-refractivity contribution in [1.29, 1.82) is 0 Å². The van der Waals surface area contributed by atoms with Gasteiger partial charge in [-0.25, -0.2) is 0 Å². The molecule has 28 heavy (non-hydrogen) atoms. The Morgan fingerprint density at radius 3 is 2.50 bits per heavy atom. The van der Waals surface area contributed by atoms with Crippen LogP contribution < -0.4 is 5.32 Å². The summed E-state index contributed by atoms with van der Waals surface area (Å²) in [5.41, 5.74) is 1.64. The number of carbonyl (C=O) groups excluding carboxylic acids is 1. The minimum Gasteiger partial charge on any atom is -0.468 e. The van der Waals surface area contributed by atoms with Gasteiger partial charge in [-0.05, 0) is 45.4 Å². The molecule has 1 N–H and O–H groups in total. The maximum absolute atomic E-state index is 13.0. The standard InChI is InChI=1S/C22H29N3O3/c1-5-25(6-2)18(20-12-9-13-27-20)14-23-22(26)21-17(15-24(3)4)16-10-7-8-11-19(16)28-21/h7-13,18H,5-6,14-15H2,1-4H3,(H,23,26). The van der Waals surface area contributed by atoms with E-state index in [-0.39, 0.29) is 11.9 Å². The van der Waals surface area contributed by atoms with Crippen LogP contribution >= 0.6 is 0 Å². The summed E-state index contributed by atoms with van der Waals surface area (Å²) in [5.74, 6) is 1.03. The molecule has 0 aliphatic carbocycles. The van der Waals surface area contributed by atoms with Gasteiger partial charge in [-0.2, -0.15) is 0 Å². The molecule has 0 saturated heterocycles. The smallest absolute Gasteiger partial charge is 0.287 e. The first-order valence-electron chi connectivity index (χ1n) is 9.75. The quantitative estimate of drug-likeness (QED) is 0.607. The highest BCUT2D eigenvalue weighted by molar-refractivity contribution is 5.99. The Morgan fingerprint density at radius 2 is 1.86 bits per heavy atom. The van der Waals surface area contributed by atoms with Gasteiger partial charge in [-0.1, -0.05) is 32.0 Å². The number of para-hydroxylation sites is 1. The Morgan fingerprint density at radius 1 is 1.11 bits per heavy atom. The second-order valence-electron chi connectivity index (χ2n) is 7.11. The number of nitrogens with zero attached hydrogens (tertiary/aromatic N) is 2. The summed E-state index contributed by atoms with van der Waals surface area (Å²) >= 11 is 0. The average molecular weight is 383 g/mol. The van der Waals surface area contributed by atoms with Crippen LogP contribution in [0.4, 0.5) is 0 Å². The minimum absolute atomic E-state index is 0.0179. The van der Waals surface area contributed by atoms with Crippen LogP contribution in [0.15, 0.2) is 51.5 Å². The second kappa shape index (κ2) is 9.08. The normalized spacial score (nSPS) is 12.8. The highest BCUT2D eigenvalue weighted by Gasteiger charge is 2.25. The van der Waals surface area contributed by atoms with Gasteiger partial charge >= 0.3 is 0 Å². The van der Waals surface area contributed by atoms with Gasteiger partial charge in [-0.3, -0.25) is 9.69 Å². The van der Waals surface area contributed by atoms with Crippen molar-refractivity contribution in [2.45, 2.75) is 26.4 Å². The number of amides is 1. The SMILES string of the molecule is CCN(CC)C(CNC(=O)c1oc2ccccc2c1CN(C)C)c1ccco1. The van der Waals surface area contributed by atoms with Crippen molar-refractivity contribution in [1.82, 2.24) is 15.1 Å². The van der Waals surface area contributed by atoms with Gasteiger partial charge in [0.15, 0.2) is 5.76 Å². The van der Waals surface area contributed by atoms with E-state index in [1.54, 1.807) is 6.26 Å². The molecule has 1 unspecified atom stereocenters. The van der Waals surface area contributed by atoms with E-state index in [4.69, 9.17) is 8.83 Å². The molecule has 0 fully saturated rings. The Bertz CT molecular complexity index is 895. The second-order valence-corrected chi connectivity index (χ2v) is 7.11. The van der Waals surface area contributed by atoms with E-state index in [0.29, 0.717) is 18.8 Å². The van der Waals surface area contributed by atoms with Crippen LogP contribution in [0.25, 0.3) is 11.0 Å². The lowest BCUT2D eigenvalue weighted by Crippen LogP contribution is -2.38. The first-order valence-corrected chi connectivity index (χ1v) is 9.75. The lowest BCUT2D eigenvalue weighted by molar-refractivity contribution is 0.0902. The zero-order valence-electron chi connectivity index (χ0n) is 17.1. The summed E-state index contributed by atoms with van der Waals surface area (Å²) in [5, 5.41) is 4.04. The third kappa shape index (κ3) is 4.29. The monoisotopic (exact) mass is 383 g/mol. The first-order chi connectivity index (χ1) is 13.5. The van der Waals surface area contributed by atoms with Gasteiger partial charge in [0.2, 0.25) is 0 Å². The molecular weight excluding hydrogens is 354 g/mol. The van der Waals surface area contributed by atoms with Crippen LogP contribution in [-0.4, -0.2) is 49.4 Å². The number of fused-ring (bicyclic) bond motifs is 1. The average Bonchev–Trinajstić information content (AvgIpc) is 3.33. The number of likely N-dealkylation sites (N-methyl/N-ethyl adjacent to an activating group) is 1. The van der Waals surface area contributed by atoms with Crippen molar-refractivity contribution in [3.63, 3.8) is 0 Å². The van der Waals surface area contributed by atoms with E-state index < -0.39 is 0 Å². The Kier molecular flexibility index (Phi) is 6.54. The van der Waals surface area contributed by atoms with Crippen LogP contribution in [0.5, 0.6) is 0 Å². The molecule has 3 aromatic rings. The maximum Gasteiger partial charge on any atom is 0.287 e. The fraction of sp³-hybridized carbons (Fsp3) is 0.409. The van der Waals surface area contributed by atoms with E-state index in [1.165, 1.54) is 0 Å². The zero-order valence-corrected chi connectivity index (χ0v) is 17.1. The molecule has 2 heterocycles. The summed E-state index contributed by atoms with van der Waals surface area (Å²) in [6, 6.07) is 11.6. The summed E-state index contributed by atoms with van der Waals surface area (Å²) in [7, 11) is 3.97. The van der Waals surface area contributed by atoms with Crippen LogP contribution in [0.2, 0.25) is 0 Å². The highest BCUT2D eigenvalue weighted by atomic mass is 16.3. The Labute approximate surface area is 166 Å². The fourth-order valence-corrected chi connectivity index (χ4v) is 3.58. The predicted octanol–water partition coefficient (Wildman–Crippen LogP) is 3.90. The van der Waals surface area contributed by atoms with Crippen molar-refractivity contribution >= 4 is 16.9 Å². The molecule has 1 amide bonds. The summed E-state index contributed by atoms with van der Waals surface area (Å²) in [6.07, 6.45) is 1.67. The van der Waals surface area contributed by atoms with Crippen molar-refractivity contribution in [2.75, 3.05) is 33.7 Å². The van der Waals surface area contributed by atoms with Gasteiger partial charge in [-0.15, -0.1) is 0 Å². The van der Waals surface area contributed by atoms with Crippen molar-refractivity contribution < 1.29 is 13.6 Å². The third-order valence-corrected chi connectivity index (χ3v) is 4.96. The summed E-state index contributed by atoms with van der Waals surface area (Å²) < 4.78 is 11.5. The van der Waals surface area contributed by atoms with Gasteiger partial charge in [0.1, 0.15) is 11.3 Å². The van der Waals surface area contributed by atoms with Gasteiger partial charge in [0.05, 0.1) is 12.3 Å². The van der Waals surface area contributed by atoms with E-state index in [2.05, 4.69) is 24.1 Å². The van der Waals surface area contributed by atoms with Crippen molar-refractivity contribution in [2.24, 2.45) is 0 Å². The molecule has 0 spiro atoms. The molecule has 1 aromatic carbocycles. The zero-order chi connectivity index (χ0) is 20.1. The molecular formula is C22H29N3O3. The Hall–Kier alpha value is -2.57. The number of hydrogen-bond donors (Lipinski definition) is 1. The lowest BCUT2D eigenvalue weighted by atomic mass is 10.1. The van der Waals surface area contributed by atoms with Crippen molar-refractivity contribution in [3.8, 4) is 0 Å². The van der Waals surface area contributed by atoms with Gasteiger partial charge in [0.25, 0.3) is 5.91 Å². The molecule has 6 heteroatoms. The molecule has 6 nitrogen and oxygen atoms in total. The largest absolute Gasteiger partial charge is 0.468 e. The van der Waals surface area contributed by atoms with E-state index >= 15 is 0 Å². The molecule has 150 valence electrons. The number of benzene rings is 1. The molecule has 0 aliphatic heterocycles. The third-order valence-electron chi connectivity index (χ3n) is 4.96. The number of rotatable bonds is 9. The number of hydrogen-bond acceptors (Lipinski definition) is 5. The van der Waals surface area contributed by atoms with Crippen molar-refractivity contribution in [3.05, 3.63) is 59.7 Å². The van der Waals surface area contributed by atoms with Crippen LogP contribution in [0.1, 0.15) is 41.8 Å². The van der Waals surface area contributed by atoms with Crippen LogP contribution in [0.3, 0.4) is 0 Å². The minimum atomic E-state index is -0.197. The lowest BCUT2D eigenvalue weighted by Gasteiger charge is -2.28. The number of nitrogens with one attached hydrogen (secondary N) is 1. The van der Waals surface area contributed by atoms with E-state index in [1.807, 2.05) is 55.4 Å². The molecule has 1 atom stereocenters. The first kappa shape index (κ1) is 20.2. The van der Waals surface area contributed by atoms with E-state index in [0.717, 1.165) is 35.4 Å². The summed E-state index contributed by atoms with van der Waals surface area (Å²) in [4.78, 5) is 17.3. The molecule has 0 aliphatic rings. The number of carbonyl (C=O) groups is 1. The number of furan rings is 2. The molecule has 3 rings (SSSR count). The van der Waals surface area contributed by atoms with E-state index in [9.17, 15) is 4.79 Å². The van der Waals surface area contributed by atoms with Gasteiger partial charge < -0.3 is 19.1 Å². The Balaban J connectivity index is 1.84. The molecule has 2 aromatic heterocycles. The fourth-order valence-electron chi connectivity index (χ4n) is 3.58. The molecule has 0 saturated carbocycles. The highest BCUT2D eigenvalue weighted by Crippen LogP contribution is 2.27. The van der Waals surface area contributed by atoms with Gasteiger partial charge in [0, 0.05) is 24.0 Å². The van der Waals surface area contributed by atoms with Crippen LogP contribution in [-0.2, 0) is 6.54 Å². The predicted molar refractivity (Wildman–Crippen MR) is 110 cm³/mol. The topological polar surface area (TPSA) is 61.9 Å². The molecule has 0 radical (unpaired) electrons. The van der Waals surface area contributed by atoms with Crippen LogP contribution in [0, 0.1) is 0 Å². The maximum atomic E-state index is 13.0. The summed E-state index contributed by atoms with van der Waals surface area (Å²) in [6.45, 7) is 7.04.